The monoisotopic (exact) mass is 332 g/mol. The Morgan fingerprint density at radius 3 is 2.54 bits per heavy atom. The lowest BCUT2D eigenvalue weighted by Crippen LogP contribution is -2.34. The van der Waals surface area contributed by atoms with Gasteiger partial charge in [0.2, 0.25) is 10.6 Å². The summed E-state index contributed by atoms with van der Waals surface area (Å²) in [5.74, 6) is -0.985. The predicted molar refractivity (Wildman–Crippen MR) is 93.8 cm³/mol. The van der Waals surface area contributed by atoms with Crippen molar-refractivity contribution in [3.8, 4) is 11.8 Å². The average Bonchev–Trinajstić information content (AvgIpc) is 2.61. The number of hydrogen-bond donors (Lipinski definition) is 1. The molecule has 2 aromatic carbocycles. The molecule has 0 spiro atoms. The molecule has 0 amide bonds. The van der Waals surface area contributed by atoms with Gasteiger partial charge < -0.3 is 4.74 Å². The van der Waals surface area contributed by atoms with E-state index in [1.165, 1.54) is 0 Å². The van der Waals surface area contributed by atoms with Crippen LogP contribution in [-0.4, -0.2) is 5.90 Å². The zero-order valence-corrected chi connectivity index (χ0v) is 13.3. The minimum absolute atomic E-state index is 0.111. The topological polar surface area (TPSA) is 73.9 Å². The summed E-state index contributed by atoms with van der Waals surface area (Å²) in [5.41, 5.74) is 1.32. The van der Waals surface area contributed by atoms with Gasteiger partial charge in [0, 0.05) is 16.0 Å². The molecule has 2 atom stereocenters. The second-order valence-corrected chi connectivity index (χ2v) is 6.60. The zero-order chi connectivity index (χ0) is 16.7. The summed E-state index contributed by atoms with van der Waals surface area (Å²) in [6.07, 6.45) is 0. The third-order valence-corrected chi connectivity index (χ3v) is 5.22. The van der Waals surface area contributed by atoms with Crippen molar-refractivity contribution in [2.75, 3.05) is 0 Å². The van der Waals surface area contributed by atoms with E-state index < -0.39 is 11.8 Å². The second kappa shape index (κ2) is 5.59. The van der Waals surface area contributed by atoms with Crippen molar-refractivity contribution in [3.05, 3.63) is 75.3 Å². The summed E-state index contributed by atoms with van der Waals surface area (Å²) in [7, 11) is 0. The molecule has 1 N–H and O–H groups in total. The van der Waals surface area contributed by atoms with E-state index in [2.05, 4.69) is 6.07 Å². The van der Waals surface area contributed by atoms with Crippen molar-refractivity contribution in [1.29, 1.82) is 10.7 Å². The third kappa shape index (κ3) is 2.12. The summed E-state index contributed by atoms with van der Waals surface area (Å²) < 4.78 is 6.34. The molecule has 4 nitrogen and oxygen atoms in total. The van der Waals surface area contributed by atoms with Gasteiger partial charge in [0.15, 0.2) is 0 Å². The fourth-order valence-electron chi connectivity index (χ4n) is 3.16. The smallest absolute Gasteiger partial charge is 0.240 e. The molecule has 0 saturated heterocycles. The van der Waals surface area contributed by atoms with Crippen LogP contribution in [0.4, 0.5) is 0 Å². The average molecular weight is 332 g/mol. The molecule has 1 aliphatic heterocycles. The summed E-state index contributed by atoms with van der Waals surface area (Å²) in [6, 6.07) is 19.0. The van der Waals surface area contributed by atoms with Gasteiger partial charge >= 0.3 is 0 Å². The first-order valence-electron chi connectivity index (χ1n) is 7.47. The molecule has 2 unspecified atom stereocenters. The molecule has 116 valence electrons. The number of nitrogens with one attached hydrogen (secondary N) is 1. The van der Waals surface area contributed by atoms with Crippen molar-refractivity contribution in [1.82, 2.24) is 0 Å². The molecule has 0 saturated carbocycles. The quantitative estimate of drug-likeness (QED) is 0.734. The second-order valence-electron chi connectivity index (χ2n) is 5.59. The summed E-state index contributed by atoms with van der Waals surface area (Å²) in [5, 5.41) is 18.5. The van der Waals surface area contributed by atoms with E-state index in [1.54, 1.807) is 0 Å². The normalized spacial score (nSPS) is 19.4. The molecule has 1 aliphatic rings. The van der Waals surface area contributed by atoms with Gasteiger partial charge in [-0.2, -0.15) is 5.26 Å². The summed E-state index contributed by atoms with van der Waals surface area (Å²) >= 11 is 1.15. The molecule has 0 aliphatic carbocycles. The van der Waals surface area contributed by atoms with Crippen LogP contribution in [0.25, 0.3) is 10.1 Å². The van der Waals surface area contributed by atoms with E-state index in [0.29, 0.717) is 11.3 Å². The van der Waals surface area contributed by atoms with Crippen LogP contribution in [0.2, 0.25) is 0 Å². The summed E-state index contributed by atoms with van der Waals surface area (Å²) in [6.45, 7) is 0. The van der Waals surface area contributed by atoms with Crippen molar-refractivity contribution in [2.24, 2.45) is 5.92 Å². The van der Waals surface area contributed by atoms with Gasteiger partial charge in [-0.1, -0.05) is 53.8 Å². The van der Waals surface area contributed by atoms with Crippen LogP contribution in [0, 0.1) is 22.7 Å². The highest BCUT2D eigenvalue weighted by Crippen LogP contribution is 2.44. The number of benzene rings is 2. The SMILES string of the molecule is N#CC1C(=N)Oc2c(c(=O)sc3ccccc23)C1c1ccccc1. The number of nitriles is 1. The first-order valence-corrected chi connectivity index (χ1v) is 8.29. The first kappa shape index (κ1) is 14.6. The first-order chi connectivity index (χ1) is 11.7. The van der Waals surface area contributed by atoms with Crippen molar-refractivity contribution in [2.45, 2.75) is 5.92 Å². The van der Waals surface area contributed by atoms with Crippen molar-refractivity contribution < 1.29 is 4.74 Å². The minimum atomic E-state index is -0.805. The minimum Gasteiger partial charge on any atom is -0.441 e. The highest BCUT2D eigenvalue weighted by Gasteiger charge is 2.39. The number of fused-ring (bicyclic) bond motifs is 3. The van der Waals surface area contributed by atoms with Gasteiger partial charge in [0.1, 0.15) is 11.7 Å². The Hall–Kier alpha value is -2.97. The maximum Gasteiger partial charge on any atom is 0.240 e. The largest absolute Gasteiger partial charge is 0.441 e. The third-order valence-electron chi connectivity index (χ3n) is 4.24. The molecule has 0 fully saturated rings. The fraction of sp³-hybridized carbons (Fsp3) is 0.105. The van der Waals surface area contributed by atoms with Crippen LogP contribution in [0.1, 0.15) is 17.0 Å². The molecule has 0 radical (unpaired) electrons. The van der Waals surface area contributed by atoms with E-state index >= 15 is 0 Å². The number of hydrogen-bond acceptors (Lipinski definition) is 5. The molecule has 3 aromatic rings. The molecule has 2 heterocycles. The Kier molecular flexibility index (Phi) is 3.40. The predicted octanol–water partition coefficient (Wildman–Crippen LogP) is 3.90. The lowest BCUT2D eigenvalue weighted by molar-refractivity contribution is 0.454. The Morgan fingerprint density at radius 2 is 1.79 bits per heavy atom. The number of rotatable bonds is 1. The van der Waals surface area contributed by atoms with E-state index in [1.807, 2.05) is 54.6 Å². The van der Waals surface area contributed by atoms with E-state index in [4.69, 9.17) is 10.1 Å². The lowest BCUT2D eigenvalue weighted by Gasteiger charge is -2.30. The van der Waals surface area contributed by atoms with E-state index in [9.17, 15) is 10.1 Å². The van der Waals surface area contributed by atoms with Gasteiger partial charge in [-0.3, -0.25) is 10.2 Å². The Balaban J connectivity index is 2.08. The summed E-state index contributed by atoms with van der Waals surface area (Å²) in [4.78, 5) is 12.8. The van der Waals surface area contributed by atoms with Crippen molar-refractivity contribution >= 4 is 27.3 Å². The van der Waals surface area contributed by atoms with Crippen LogP contribution >= 0.6 is 11.3 Å². The van der Waals surface area contributed by atoms with E-state index in [0.717, 1.165) is 27.0 Å². The van der Waals surface area contributed by atoms with Crippen LogP contribution in [0.5, 0.6) is 5.75 Å². The van der Waals surface area contributed by atoms with Gasteiger partial charge in [-0.05, 0) is 17.7 Å². The standard InChI is InChI=1S/C19H12N2O2S/c20-10-13-15(11-6-2-1-3-7-11)16-17(23-18(13)21)12-8-4-5-9-14(12)24-19(16)22/h1-9,13,15,21H. The molecule has 5 heteroatoms. The fourth-order valence-corrected chi connectivity index (χ4v) is 4.10. The lowest BCUT2D eigenvalue weighted by atomic mass is 9.80. The van der Waals surface area contributed by atoms with Crippen molar-refractivity contribution in [3.63, 3.8) is 0 Å². The Labute approximate surface area is 142 Å². The van der Waals surface area contributed by atoms with Gasteiger partial charge in [0.25, 0.3) is 0 Å². The van der Waals surface area contributed by atoms with Crippen LogP contribution in [-0.2, 0) is 0 Å². The highest BCUT2D eigenvalue weighted by molar-refractivity contribution is 7.16. The van der Waals surface area contributed by atoms with Gasteiger partial charge in [0.05, 0.1) is 11.6 Å². The number of nitrogens with zero attached hydrogens (tertiary/aromatic N) is 1. The van der Waals surface area contributed by atoms with Gasteiger partial charge in [-0.25, -0.2) is 0 Å². The molecule has 24 heavy (non-hydrogen) atoms. The van der Waals surface area contributed by atoms with E-state index in [-0.39, 0.29) is 10.6 Å². The maximum atomic E-state index is 12.8. The zero-order valence-electron chi connectivity index (χ0n) is 12.5. The maximum absolute atomic E-state index is 12.8. The highest BCUT2D eigenvalue weighted by atomic mass is 32.1. The van der Waals surface area contributed by atoms with Crippen LogP contribution in [0.3, 0.4) is 0 Å². The number of ether oxygens (including phenoxy) is 1. The molecular formula is C19H12N2O2S. The molecular weight excluding hydrogens is 320 g/mol. The molecule has 1 aromatic heterocycles. The van der Waals surface area contributed by atoms with Crippen LogP contribution < -0.4 is 9.48 Å². The Morgan fingerprint density at radius 1 is 1.08 bits per heavy atom. The van der Waals surface area contributed by atoms with Gasteiger partial charge in [-0.15, -0.1) is 0 Å². The molecule has 0 bridgehead atoms. The molecule has 4 rings (SSSR count). The Bertz CT molecular complexity index is 1050. The van der Waals surface area contributed by atoms with Crippen LogP contribution in [0.15, 0.2) is 59.4 Å².